The lowest BCUT2D eigenvalue weighted by Gasteiger charge is -2.08. The predicted octanol–water partition coefficient (Wildman–Crippen LogP) is 2.09. The Bertz CT molecular complexity index is 481. The maximum Gasteiger partial charge on any atom is 0.328 e. The summed E-state index contributed by atoms with van der Waals surface area (Å²) in [6, 6.07) is 7.23. The number of rotatable bonds is 5. The Morgan fingerprint density at radius 2 is 1.94 bits per heavy atom. The highest BCUT2D eigenvalue weighted by atomic mass is 16.4. The molecule has 0 atom stereocenters. The second kappa shape index (κ2) is 6.44. The molecular formula is C13H16N2O3. The lowest BCUT2D eigenvalue weighted by Crippen LogP contribution is -2.07. The van der Waals surface area contributed by atoms with Gasteiger partial charge in [0.2, 0.25) is 5.91 Å². The molecule has 1 rings (SSSR count). The van der Waals surface area contributed by atoms with Crippen molar-refractivity contribution in [3.05, 3.63) is 35.9 Å². The van der Waals surface area contributed by atoms with Crippen molar-refractivity contribution in [2.45, 2.75) is 13.8 Å². The third-order valence-corrected chi connectivity index (χ3v) is 2.12. The van der Waals surface area contributed by atoms with Crippen LogP contribution in [0.3, 0.4) is 0 Å². The number of benzene rings is 1. The molecular weight excluding hydrogens is 232 g/mol. The van der Waals surface area contributed by atoms with Gasteiger partial charge in [0.1, 0.15) is 0 Å². The maximum atomic E-state index is 10.9. The summed E-state index contributed by atoms with van der Waals surface area (Å²) in [6.07, 6.45) is 1.16. The third kappa shape index (κ3) is 5.16. The SMILES string of the molecule is CC(=O)Nc1cccc(NC/C(C)=C/C(=O)O)c1. The molecule has 5 heteroatoms. The average molecular weight is 248 g/mol. The summed E-state index contributed by atoms with van der Waals surface area (Å²) in [5.74, 6) is -1.09. The highest BCUT2D eigenvalue weighted by molar-refractivity contribution is 5.89. The van der Waals surface area contributed by atoms with Crippen molar-refractivity contribution >= 4 is 23.3 Å². The zero-order chi connectivity index (χ0) is 13.5. The predicted molar refractivity (Wildman–Crippen MR) is 70.6 cm³/mol. The van der Waals surface area contributed by atoms with Crippen LogP contribution in [0.4, 0.5) is 11.4 Å². The number of anilines is 2. The Morgan fingerprint density at radius 1 is 1.28 bits per heavy atom. The molecule has 0 aliphatic heterocycles. The number of hydrogen-bond acceptors (Lipinski definition) is 3. The van der Waals surface area contributed by atoms with E-state index in [2.05, 4.69) is 10.6 Å². The molecule has 18 heavy (non-hydrogen) atoms. The summed E-state index contributed by atoms with van der Waals surface area (Å²) in [4.78, 5) is 21.4. The van der Waals surface area contributed by atoms with Gasteiger partial charge in [-0.25, -0.2) is 4.79 Å². The van der Waals surface area contributed by atoms with E-state index in [0.29, 0.717) is 17.8 Å². The number of carboxylic acid groups (broad SMARTS) is 1. The topological polar surface area (TPSA) is 78.4 Å². The second-order valence-electron chi connectivity index (χ2n) is 3.94. The standard InChI is InChI=1S/C13H16N2O3/c1-9(6-13(17)18)8-14-11-4-3-5-12(7-11)15-10(2)16/h3-7,14H,8H2,1-2H3,(H,15,16)(H,17,18)/b9-6+. The van der Waals surface area contributed by atoms with E-state index in [-0.39, 0.29) is 5.91 Å². The minimum atomic E-state index is -0.957. The number of hydrogen-bond donors (Lipinski definition) is 3. The van der Waals surface area contributed by atoms with Gasteiger partial charge in [0.25, 0.3) is 0 Å². The third-order valence-electron chi connectivity index (χ3n) is 2.12. The fraction of sp³-hybridized carbons (Fsp3) is 0.231. The number of carbonyl (C=O) groups excluding carboxylic acids is 1. The van der Waals surface area contributed by atoms with Gasteiger partial charge >= 0.3 is 5.97 Å². The van der Waals surface area contributed by atoms with Gasteiger partial charge in [-0.3, -0.25) is 4.79 Å². The van der Waals surface area contributed by atoms with Crippen LogP contribution in [0.25, 0.3) is 0 Å². The number of carbonyl (C=O) groups is 2. The van der Waals surface area contributed by atoms with Gasteiger partial charge in [-0.05, 0) is 30.7 Å². The van der Waals surface area contributed by atoms with E-state index < -0.39 is 5.97 Å². The van der Waals surface area contributed by atoms with Gasteiger partial charge in [-0.15, -0.1) is 0 Å². The van der Waals surface area contributed by atoms with Crippen LogP contribution in [0.5, 0.6) is 0 Å². The molecule has 3 N–H and O–H groups in total. The zero-order valence-electron chi connectivity index (χ0n) is 10.4. The summed E-state index contributed by atoms with van der Waals surface area (Å²) in [7, 11) is 0. The Hall–Kier alpha value is -2.30. The molecule has 0 aliphatic rings. The first-order chi connectivity index (χ1) is 8.47. The fourth-order valence-corrected chi connectivity index (χ4v) is 1.41. The van der Waals surface area contributed by atoms with Crippen molar-refractivity contribution in [3.63, 3.8) is 0 Å². The van der Waals surface area contributed by atoms with Gasteiger partial charge in [-0.2, -0.15) is 0 Å². The minimum Gasteiger partial charge on any atom is -0.478 e. The van der Waals surface area contributed by atoms with Crippen LogP contribution in [-0.2, 0) is 9.59 Å². The lowest BCUT2D eigenvalue weighted by atomic mass is 10.2. The van der Waals surface area contributed by atoms with Crippen LogP contribution in [0.2, 0.25) is 0 Å². The number of nitrogens with one attached hydrogen (secondary N) is 2. The quantitative estimate of drug-likeness (QED) is 0.697. The van der Waals surface area contributed by atoms with Crippen LogP contribution in [0.1, 0.15) is 13.8 Å². The first-order valence-electron chi connectivity index (χ1n) is 5.49. The molecule has 1 aromatic rings. The molecule has 0 heterocycles. The summed E-state index contributed by atoms with van der Waals surface area (Å²) in [5, 5.41) is 14.3. The van der Waals surface area contributed by atoms with Crippen molar-refractivity contribution < 1.29 is 14.7 Å². The molecule has 0 saturated carbocycles. The van der Waals surface area contributed by atoms with E-state index in [1.807, 2.05) is 12.1 Å². The van der Waals surface area contributed by atoms with Gasteiger partial charge in [0, 0.05) is 30.9 Å². The van der Waals surface area contributed by atoms with Crippen LogP contribution in [0.15, 0.2) is 35.9 Å². The van der Waals surface area contributed by atoms with E-state index in [1.165, 1.54) is 6.92 Å². The van der Waals surface area contributed by atoms with Gasteiger partial charge in [0.15, 0.2) is 0 Å². The minimum absolute atomic E-state index is 0.130. The Morgan fingerprint density at radius 3 is 2.56 bits per heavy atom. The molecule has 96 valence electrons. The molecule has 0 bridgehead atoms. The second-order valence-corrected chi connectivity index (χ2v) is 3.94. The van der Waals surface area contributed by atoms with Crippen LogP contribution < -0.4 is 10.6 Å². The zero-order valence-corrected chi connectivity index (χ0v) is 10.4. The molecule has 0 aliphatic carbocycles. The van der Waals surface area contributed by atoms with Crippen molar-refractivity contribution in [1.82, 2.24) is 0 Å². The molecule has 5 nitrogen and oxygen atoms in total. The molecule has 0 aromatic heterocycles. The molecule has 0 radical (unpaired) electrons. The summed E-state index contributed by atoms with van der Waals surface area (Å²) < 4.78 is 0. The summed E-state index contributed by atoms with van der Waals surface area (Å²) in [6.45, 7) is 3.62. The number of amides is 1. The Kier molecular flexibility index (Phi) is 4.92. The average Bonchev–Trinajstić information content (AvgIpc) is 2.25. The molecule has 1 aromatic carbocycles. The van der Waals surface area contributed by atoms with E-state index >= 15 is 0 Å². The van der Waals surface area contributed by atoms with Crippen molar-refractivity contribution in [2.24, 2.45) is 0 Å². The largest absolute Gasteiger partial charge is 0.478 e. The van der Waals surface area contributed by atoms with Crippen molar-refractivity contribution in [3.8, 4) is 0 Å². The molecule has 0 fully saturated rings. The van der Waals surface area contributed by atoms with Crippen molar-refractivity contribution in [2.75, 3.05) is 17.2 Å². The van der Waals surface area contributed by atoms with E-state index in [9.17, 15) is 9.59 Å². The van der Waals surface area contributed by atoms with Gasteiger partial charge in [-0.1, -0.05) is 6.07 Å². The highest BCUT2D eigenvalue weighted by Crippen LogP contribution is 2.15. The Balaban J connectivity index is 2.62. The van der Waals surface area contributed by atoms with E-state index in [4.69, 9.17) is 5.11 Å². The molecule has 0 spiro atoms. The molecule has 0 unspecified atom stereocenters. The van der Waals surface area contributed by atoms with E-state index in [0.717, 1.165) is 11.8 Å². The molecule has 1 amide bonds. The highest BCUT2D eigenvalue weighted by Gasteiger charge is 1.98. The van der Waals surface area contributed by atoms with Gasteiger partial charge in [0.05, 0.1) is 0 Å². The number of aliphatic carboxylic acids is 1. The summed E-state index contributed by atoms with van der Waals surface area (Å²) >= 11 is 0. The van der Waals surface area contributed by atoms with Crippen LogP contribution in [-0.4, -0.2) is 23.5 Å². The van der Waals surface area contributed by atoms with Crippen molar-refractivity contribution in [1.29, 1.82) is 0 Å². The monoisotopic (exact) mass is 248 g/mol. The summed E-state index contributed by atoms with van der Waals surface area (Å²) in [5.41, 5.74) is 2.24. The number of carboxylic acids is 1. The fourth-order valence-electron chi connectivity index (χ4n) is 1.41. The van der Waals surface area contributed by atoms with Crippen LogP contribution >= 0.6 is 0 Å². The Labute approximate surface area is 106 Å². The lowest BCUT2D eigenvalue weighted by molar-refractivity contribution is -0.131. The van der Waals surface area contributed by atoms with Crippen LogP contribution in [0, 0.1) is 0 Å². The molecule has 0 saturated heterocycles. The van der Waals surface area contributed by atoms with Gasteiger partial charge < -0.3 is 15.7 Å². The first-order valence-corrected chi connectivity index (χ1v) is 5.49. The smallest absolute Gasteiger partial charge is 0.328 e. The van der Waals surface area contributed by atoms with E-state index in [1.54, 1.807) is 19.1 Å². The first kappa shape index (κ1) is 13.8. The maximum absolute atomic E-state index is 10.9. The normalized spacial score (nSPS) is 10.9.